The van der Waals surface area contributed by atoms with Crippen LogP contribution in [0.2, 0.25) is 0 Å². The van der Waals surface area contributed by atoms with Gasteiger partial charge < -0.3 is 14.6 Å². The number of ether oxygens (including phenoxy) is 1. The Kier molecular flexibility index (Phi) is 5.79. The van der Waals surface area contributed by atoms with Crippen molar-refractivity contribution in [2.45, 2.75) is 39.7 Å². The van der Waals surface area contributed by atoms with E-state index in [0.29, 0.717) is 12.5 Å². The quantitative estimate of drug-likeness (QED) is 0.799. The first-order valence-corrected chi connectivity index (χ1v) is 7.95. The molecule has 0 aliphatic carbocycles. The molecule has 0 saturated carbocycles. The summed E-state index contributed by atoms with van der Waals surface area (Å²) < 4.78 is 7.42. The number of carbonyl (C=O) groups excluding carboxylic acids is 1. The second-order valence-electron chi connectivity index (χ2n) is 5.97. The largest absolute Gasteiger partial charge is 0.496 e. The molecule has 0 saturated heterocycles. The van der Waals surface area contributed by atoms with E-state index in [1.54, 1.807) is 19.6 Å². The topological polar surface area (TPSA) is 56.1 Å². The van der Waals surface area contributed by atoms with Gasteiger partial charge in [0.15, 0.2) is 0 Å². The van der Waals surface area contributed by atoms with Crippen molar-refractivity contribution in [1.82, 2.24) is 14.9 Å². The molecule has 0 unspecified atom stereocenters. The predicted octanol–water partition coefficient (Wildman–Crippen LogP) is 3.14. The monoisotopic (exact) mass is 315 g/mol. The minimum atomic E-state index is -0.0299. The molecule has 0 spiro atoms. The number of carbonyl (C=O) groups is 1. The van der Waals surface area contributed by atoms with Gasteiger partial charge in [0, 0.05) is 31.0 Å². The zero-order valence-electron chi connectivity index (χ0n) is 14.3. The third-order valence-corrected chi connectivity index (χ3v) is 3.88. The Morgan fingerprint density at radius 1 is 1.39 bits per heavy atom. The molecule has 1 aromatic carbocycles. The first kappa shape index (κ1) is 17.1. The standard InChI is InChI=1S/C18H25N3O2/c1-13(2)15-11-16(14(3)10-17(15)23-4)18(22)20-6-5-8-21-9-7-19-12-21/h7,9-13H,5-6,8H2,1-4H3,(H,20,22). The third-order valence-electron chi connectivity index (χ3n) is 3.88. The van der Waals surface area contributed by atoms with Crippen LogP contribution in [0.4, 0.5) is 0 Å². The summed E-state index contributed by atoms with van der Waals surface area (Å²) in [6, 6.07) is 3.89. The molecule has 0 radical (unpaired) electrons. The molecule has 5 heteroatoms. The molecular formula is C18H25N3O2. The fraction of sp³-hybridized carbons (Fsp3) is 0.444. The summed E-state index contributed by atoms with van der Waals surface area (Å²) in [5.74, 6) is 1.12. The molecular weight excluding hydrogens is 290 g/mol. The molecule has 2 rings (SSSR count). The van der Waals surface area contributed by atoms with Crippen LogP contribution < -0.4 is 10.1 Å². The van der Waals surface area contributed by atoms with E-state index >= 15 is 0 Å². The van der Waals surface area contributed by atoms with Crippen molar-refractivity contribution in [3.63, 3.8) is 0 Å². The molecule has 0 aliphatic heterocycles. The van der Waals surface area contributed by atoms with Crippen LogP contribution >= 0.6 is 0 Å². The van der Waals surface area contributed by atoms with Gasteiger partial charge in [-0.1, -0.05) is 13.8 Å². The van der Waals surface area contributed by atoms with E-state index in [-0.39, 0.29) is 5.91 Å². The summed E-state index contributed by atoms with van der Waals surface area (Å²) >= 11 is 0. The number of benzene rings is 1. The number of amides is 1. The highest BCUT2D eigenvalue weighted by Crippen LogP contribution is 2.29. The maximum atomic E-state index is 12.4. The summed E-state index contributed by atoms with van der Waals surface area (Å²) in [4.78, 5) is 16.4. The van der Waals surface area contributed by atoms with Gasteiger partial charge in [0.05, 0.1) is 13.4 Å². The van der Waals surface area contributed by atoms with Gasteiger partial charge in [-0.2, -0.15) is 0 Å². The SMILES string of the molecule is COc1cc(C)c(C(=O)NCCCn2ccnc2)cc1C(C)C. The highest BCUT2D eigenvalue weighted by molar-refractivity contribution is 5.96. The van der Waals surface area contributed by atoms with E-state index in [2.05, 4.69) is 24.1 Å². The minimum Gasteiger partial charge on any atom is -0.496 e. The Bertz CT molecular complexity index is 649. The molecule has 23 heavy (non-hydrogen) atoms. The second-order valence-corrected chi connectivity index (χ2v) is 5.97. The van der Waals surface area contributed by atoms with E-state index in [1.807, 2.05) is 29.8 Å². The highest BCUT2D eigenvalue weighted by Gasteiger charge is 2.15. The summed E-state index contributed by atoms with van der Waals surface area (Å²) in [6.45, 7) is 7.62. The number of rotatable bonds is 7. The van der Waals surface area contributed by atoms with Gasteiger partial charge in [0.1, 0.15) is 5.75 Å². The molecule has 0 atom stereocenters. The maximum Gasteiger partial charge on any atom is 0.251 e. The maximum absolute atomic E-state index is 12.4. The lowest BCUT2D eigenvalue weighted by Gasteiger charge is -2.16. The number of hydrogen-bond acceptors (Lipinski definition) is 3. The summed E-state index contributed by atoms with van der Waals surface area (Å²) in [5.41, 5.74) is 2.71. The van der Waals surface area contributed by atoms with Gasteiger partial charge in [-0.05, 0) is 42.5 Å². The lowest BCUT2D eigenvalue weighted by atomic mass is 9.96. The van der Waals surface area contributed by atoms with Crippen molar-refractivity contribution >= 4 is 5.91 Å². The molecule has 1 heterocycles. The molecule has 1 aromatic heterocycles. The van der Waals surface area contributed by atoms with Crippen LogP contribution in [0.3, 0.4) is 0 Å². The second kappa shape index (κ2) is 7.81. The number of aryl methyl sites for hydroxylation is 2. The first-order chi connectivity index (χ1) is 11.0. The number of hydrogen-bond donors (Lipinski definition) is 1. The third kappa shape index (κ3) is 4.34. The van der Waals surface area contributed by atoms with Gasteiger partial charge in [0.25, 0.3) is 5.91 Å². The zero-order valence-corrected chi connectivity index (χ0v) is 14.3. The number of aromatic nitrogens is 2. The molecule has 124 valence electrons. The molecule has 0 bridgehead atoms. The van der Waals surface area contributed by atoms with Crippen molar-refractivity contribution in [3.8, 4) is 5.75 Å². The Morgan fingerprint density at radius 2 is 2.17 bits per heavy atom. The van der Waals surface area contributed by atoms with Gasteiger partial charge in [0.2, 0.25) is 0 Å². The normalized spacial score (nSPS) is 10.8. The van der Waals surface area contributed by atoms with E-state index < -0.39 is 0 Å². The van der Waals surface area contributed by atoms with Crippen LogP contribution in [-0.2, 0) is 6.54 Å². The van der Waals surface area contributed by atoms with Crippen LogP contribution in [0.25, 0.3) is 0 Å². The molecule has 0 fully saturated rings. The van der Waals surface area contributed by atoms with Gasteiger partial charge in [-0.3, -0.25) is 4.79 Å². The molecule has 1 N–H and O–H groups in total. The van der Waals surface area contributed by atoms with Gasteiger partial charge in [-0.15, -0.1) is 0 Å². The Hall–Kier alpha value is -2.30. The van der Waals surface area contributed by atoms with Crippen molar-refractivity contribution < 1.29 is 9.53 Å². The molecule has 0 aliphatic rings. The van der Waals surface area contributed by atoms with Crippen LogP contribution in [-0.4, -0.2) is 29.1 Å². The number of nitrogens with one attached hydrogen (secondary N) is 1. The van der Waals surface area contributed by atoms with Crippen LogP contribution in [0.15, 0.2) is 30.9 Å². The zero-order chi connectivity index (χ0) is 16.8. The Balaban J connectivity index is 1.99. The minimum absolute atomic E-state index is 0.0299. The van der Waals surface area contributed by atoms with E-state index in [9.17, 15) is 4.79 Å². The first-order valence-electron chi connectivity index (χ1n) is 7.95. The molecule has 5 nitrogen and oxygen atoms in total. The van der Waals surface area contributed by atoms with E-state index in [1.165, 1.54) is 0 Å². The van der Waals surface area contributed by atoms with E-state index in [0.717, 1.165) is 35.4 Å². The Morgan fingerprint density at radius 3 is 2.78 bits per heavy atom. The average molecular weight is 315 g/mol. The lowest BCUT2D eigenvalue weighted by molar-refractivity contribution is 0.0952. The molecule has 2 aromatic rings. The van der Waals surface area contributed by atoms with Crippen LogP contribution in [0.5, 0.6) is 5.75 Å². The smallest absolute Gasteiger partial charge is 0.251 e. The lowest BCUT2D eigenvalue weighted by Crippen LogP contribution is -2.26. The highest BCUT2D eigenvalue weighted by atomic mass is 16.5. The summed E-state index contributed by atoms with van der Waals surface area (Å²) in [6.07, 6.45) is 6.33. The van der Waals surface area contributed by atoms with Crippen LogP contribution in [0.1, 0.15) is 47.7 Å². The number of methoxy groups -OCH3 is 1. The van der Waals surface area contributed by atoms with Crippen molar-refractivity contribution in [2.75, 3.05) is 13.7 Å². The number of imidazole rings is 1. The van der Waals surface area contributed by atoms with Crippen molar-refractivity contribution in [2.24, 2.45) is 0 Å². The fourth-order valence-electron chi connectivity index (χ4n) is 2.55. The van der Waals surface area contributed by atoms with Crippen molar-refractivity contribution in [1.29, 1.82) is 0 Å². The molecule has 1 amide bonds. The average Bonchev–Trinajstić information content (AvgIpc) is 3.04. The van der Waals surface area contributed by atoms with Crippen molar-refractivity contribution in [3.05, 3.63) is 47.5 Å². The summed E-state index contributed by atoms with van der Waals surface area (Å²) in [7, 11) is 1.66. The van der Waals surface area contributed by atoms with E-state index in [4.69, 9.17) is 4.74 Å². The van der Waals surface area contributed by atoms with Gasteiger partial charge in [-0.25, -0.2) is 4.98 Å². The fourth-order valence-corrected chi connectivity index (χ4v) is 2.55. The summed E-state index contributed by atoms with van der Waals surface area (Å²) in [5, 5.41) is 2.99. The predicted molar refractivity (Wildman–Crippen MR) is 91.0 cm³/mol. The Labute approximate surface area is 137 Å². The van der Waals surface area contributed by atoms with Gasteiger partial charge >= 0.3 is 0 Å². The van der Waals surface area contributed by atoms with Crippen LogP contribution in [0, 0.1) is 6.92 Å². The number of nitrogens with zero attached hydrogens (tertiary/aromatic N) is 2.